The lowest BCUT2D eigenvalue weighted by atomic mass is 9.94. The third-order valence-electron chi connectivity index (χ3n) is 6.20. The topological polar surface area (TPSA) is 124 Å². The van der Waals surface area contributed by atoms with Crippen LogP contribution in [0.5, 0.6) is 17.2 Å². The number of Topliss-reactive ketones (excluding diaryl/α,β-unsaturated/α-hetero) is 1. The number of ketones is 1. The van der Waals surface area contributed by atoms with E-state index in [2.05, 4.69) is 4.98 Å². The molecule has 1 fully saturated rings. The molecule has 4 rings (SSSR count). The molecule has 0 bridgehead atoms. The van der Waals surface area contributed by atoms with Gasteiger partial charge in [-0.2, -0.15) is 0 Å². The fourth-order valence-electron chi connectivity index (χ4n) is 4.32. The lowest BCUT2D eigenvalue weighted by molar-refractivity contribution is -0.132. The minimum Gasteiger partial charge on any atom is -0.507 e. The average molecular weight is 539 g/mol. The second-order valence-electron chi connectivity index (χ2n) is 8.37. The Balaban J connectivity index is 1.97. The van der Waals surface area contributed by atoms with Crippen molar-refractivity contribution in [3.63, 3.8) is 0 Å². The number of benzene rings is 2. The first-order chi connectivity index (χ1) is 18.2. The number of aliphatic hydroxyl groups excluding tert-OH is 1. The average Bonchev–Trinajstić information content (AvgIpc) is 3.43. The van der Waals surface area contributed by atoms with E-state index in [1.807, 2.05) is 0 Å². The number of rotatable bonds is 7. The number of amides is 1. The molecule has 198 valence electrons. The molecular weight excluding hydrogens is 512 g/mol. The van der Waals surface area contributed by atoms with Crippen LogP contribution in [-0.2, 0) is 14.3 Å². The summed E-state index contributed by atoms with van der Waals surface area (Å²) in [6.07, 6.45) is 0. The summed E-state index contributed by atoms with van der Waals surface area (Å²) in [6.45, 7) is 3.40. The number of hydrogen-bond donors (Lipinski definition) is 1. The quantitative estimate of drug-likeness (QED) is 0.204. The standard InChI is InChI=1S/C27H26N2O8S/c1-13-11-16(8-9-17(13)34-3)22(30)20-21(15-7-10-18(35-4)19(12-15)36-5)29(25(32)23(20)31)27-28-14(2)24(38-27)26(33)37-6/h7-12,21,30H,1-6H3/b22-20+/t21-/m0/s1. The predicted molar refractivity (Wildman–Crippen MR) is 140 cm³/mol. The lowest BCUT2D eigenvalue weighted by Crippen LogP contribution is -2.29. The Hall–Kier alpha value is -4.38. The van der Waals surface area contributed by atoms with Crippen LogP contribution in [-0.4, -0.2) is 56.2 Å². The number of aryl methyl sites for hydroxylation is 2. The van der Waals surface area contributed by atoms with Crippen molar-refractivity contribution in [3.05, 3.63) is 69.2 Å². The monoisotopic (exact) mass is 538 g/mol. The van der Waals surface area contributed by atoms with Gasteiger partial charge in [0.25, 0.3) is 5.78 Å². The van der Waals surface area contributed by atoms with E-state index in [0.29, 0.717) is 34.1 Å². The molecule has 2 aromatic carbocycles. The number of aliphatic hydroxyl groups is 1. The van der Waals surface area contributed by atoms with Crippen LogP contribution in [0.2, 0.25) is 0 Å². The summed E-state index contributed by atoms with van der Waals surface area (Å²) in [5, 5.41) is 11.5. The highest BCUT2D eigenvalue weighted by Gasteiger charge is 2.48. The van der Waals surface area contributed by atoms with Crippen molar-refractivity contribution >= 4 is 39.9 Å². The second-order valence-corrected chi connectivity index (χ2v) is 9.35. The fourth-order valence-corrected chi connectivity index (χ4v) is 5.33. The Bertz CT molecular complexity index is 1480. The van der Waals surface area contributed by atoms with Gasteiger partial charge in [0.2, 0.25) is 0 Å². The van der Waals surface area contributed by atoms with Crippen LogP contribution in [0.15, 0.2) is 42.0 Å². The van der Waals surface area contributed by atoms with Gasteiger partial charge >= 0.3 is 11.9 Å². The molecule has 1 aromatic heterocycles. The van der Waals surface area contributed by atoms with Crippen LogP contribution in [0.25, 0.3) is 5.76 Å². The Labute approximate surface area is 223 Å². The maximum absolute atomic E-state index is 13.5. The highest BCUT2D eigenvalue weighted by molar-refractivity contribution is 7.17. The molecule has 3 aromatic rings. The lowest BCUT2D eigenvalue weighted by Gasteiger charge is -2.24. The number of thiazole rings is 1. The highest BCUT2D eigenvalue weighted by atomic mass is 32.1. The van der Waals surface area contributed by atoms with E-state index in [1.165, 1.54) is 33.3 Å². The van der Waals surface area contributed by atoms with Crippen LogP contribution in [0, 0.1) is 13.8 Å². The number of carbonyl (C=O) groups is 3. The van der Waals surface area contributed by atoms with Gasteiger partial charge in [-0.3, -0.25) is 14.5 Å². The molecular formula is C27H26N2O8S. The van der Waals surface area contributed by atoms with E-state index in [1.54, 1.807) is 50.2 Å². The van der Waals surface area contributed by atoms with Gasteiger partial charge < -0.3 is 24.1 Å². The number of hydrogen-bond acceptors (Lipinski definition) is 10. The molecule has 0 aliphatic carbocycles. The molecule has 2 heterocycles. The van der Waals surface area contributed by atoms with E-state index in [0.717, 1.165) is 16.9 Å². The van der Waals surface area contributed by atoms with Crippen molar-refractivity contribution in [1.29, 1.82) is 0 Å². The number of nitrogens with zero attached hydrogens (tertiary/aromatic N) is 2. The Morgan fingerprint density at radius 2 is 1.61 bits per heavy atom. The summed E-state index contributed by atoms with van der Waals surface area (Å²) in [5.41, 5.74) is 1.72. The van der Waals surface area contributed by atoms with Crippen molar-refractivity contribution in [2.45, 2.75) is 19.9 Å². The second kappa shape index (κ2) is 10.5. The summed E-state index contributed by atoms with van der Waals surface area (Å²) in [7, 11) is 5.73. The van der Waals surface area contributed by atoms with Gasteiger partial charge in [-0.25, -0.2) is 9.78 Å². The zero-order chi connectivity index (χ0) is 27.7. The SMILES string of the molecule is COC(=O)c1sc(N2C(=O)C(=O)/C(=C(/O)c3ccc(OC)c(C)c3)[C@@H]2c2ccc(OC)c(OC)c2)nc1C. The highest BCUT2D eigenvalue weighted by Crippen LogP contribution is 2.45. The fraction of sp³-hybridized carbons (Fsp3) is 0.259. The number of methoxy groups -OCH3 is 4. The van der Waals surface area contributed by atoms with E-state index in [4.69, 9.17) is 18.9 Å². The van der Waals surface area contributed by atoms with Crippen LogP contribution >= 0.6 is 11.3 Å². The first-order valence-corrected chi connectivity index (χ1v) is 12.2. The predicted octanol–water partition coefficient (Wildman–Crippen LogP) is 4.20. The van der Waals surface area contributed by atoms with Gasteiger partial charge in [0.1, 0.15) is 16.4 Å². The summed E-state index contributed by atoms with van der Waals surface area (Å²) >= 11 is 0.919. The van der Waals surface area contributed by atoms with E-state index < -0.39 is 23.7 Å². The first-order valence-electron chi connectivity index (χ1n) is 11.4. The van der Waals surface area contributed by atoms with E-state index >= 15 is 0 Å². The van der Waals surface area contributed by atoms with Gasteiger partial charge in [0.05, 0.1) is 45.7 Å². The van der Waals surface area contributed by atoms with Crippen molar-refractivity contribution in [3.8, 4) is 17.2 Å². The molecule has 1 saturated heterocycles. The Morgan fingerprint density at radius 1 is 0.947 bits per heavy atom. The molecule has 1 atom stereocenters. The Kier molecular flexibility index (Phi) is 7.40. The molecule has 1 amide bonds. The molecule has 0 radical (unpaired) electrons. The number of anilines is 1. The van der Waals surface area contributed by atoms with Crippen molar-refractivity contribution < 1.29 is 38.4 Å². The maximum Gasteiger partial charge on any atom is 0.350 e. The number of aromatic nitrogens is 1. The van der Waals surface area contributed by atoms with Gasteiger partial charge in [-0.15, -0.1) is 0 Å². The molecule has 1 aliphatic heterocycles. The maximum atomic E-state index is 13.5. The van der Waals surface area contributed by atoms with Crippen LogP contribution in [0.3, 0.4) is 0 Å². The summed E-state index contributed by atoms with van der Waals surface area (Å²) < 4.78 is 20.9. The normalized spacial score (nSPS) is 16.5. The number of carbonyl (C=O) groups excluding carboxylic acids is 3. The molecule has 0 unspecified atom stereocenters. The molecule has 0 saturated carbocycles. The van der Waals surface area contributed by atoms with Gasteiger partial charge in [0, 0.05) is 5.56 Å². The molecule has 0 spiro atoms. The van der Waals surface area contributed by atoms with Crippen molar-refractivity contribution in [1.82, 2.24) is 4.98 Å². The Morgan fingerprint density at radius 3 is 2.21 bits per heavy atom. The summed E-state index contributed by atoms with van der Waals surface area (Å²) in [5.74, 6) is -1.37. The smallest absolute Gasteiger partial charge is 0.350 e. The van der Waals surface area contributed by atoms with E-state index in [-0.39, 0.29) is 21.3 Å². The molecule has 38 heavy (non-hydrogen) atoms. The first kappa shape index (κ1) is 26.7. The number of esters is 1. The van der Waals surface area contributed by atoms with Crippen molar-refractivity contribution in [2.75, 3.05) is 33.3 Å². The molecule has 10 nitrogen and oxygen atoms in total. The van der Waals surface area contributed by atoms with Crippen LogP contribution in [0.4, 0.5) is 5.13 Å². The molecule has 11 heteroatoms. The van der Waals surface area contributed by atoms with Gasteiger partial charge in [0.15, 0.2) is 16.6 Å². The largest absolute Gasteiger partial charge is 0.507 e. The minimum atomic E-state index is -1.08. The summed E-state index contributed by atoms with van der Waals surface area (Å²) in [6, 6.07) is 8.78. The van der Waals surface area contributed by atoms with Gasteiger partial charge in [-0.1, -0.05) is 17.4 Å². The third kappa shape index (κ3) is 4.45. The van der Waals surface area contributed by atoms with E-state index in [9.17, 15) is 19.5 Å². The minimum absolute atomic E-state index is 0.106. The third-order valence-corrected chi connectivity index (χ3v) is 7.33. The number of ether oxygens (including phenoxy) is 4. The molecule has 1 N–H and O–H groups in total. The van der Waals surface area contributed by atoms with Crippen LogP contribution < -0.4 is 19.1 Å². The van der Waals surface area contributed by atoms with Gasteiger partial charge in [-0.05, 0) is 55.3 Å². The molecule has 1 aliphatic rings. The zero-order valence-electron chi connectivity index (χ0n) is 21.6. The summed E-state index contributed by atoms with van der Waals surface area (Å²) in [4.78, 5) is 44.9. The van der Waals surface area contributed by atoms with Crippen molar-refractivity contribution in [2.24, 2.45) is 0 Å². The van der Waals surface area contributed by atoms with Crippen LogP contribution in [0.1, 0.15) is 38.1 Å². The zero-order valence-corrected chi connectivity index (χ0v) is 22.5.